The SMILES string of the molecule is CCCNC(=O)CCNCC1(CC#N)CC1. The van der Waals surface area contributed by atoms with Crippen LogP contribution in [0.3, 0.4) is 0 Å². The number of amides is 1. The van der Waals surface area contributed by atoms with E-state index in [1.165, 1.54) is 0 Å². The molecule has 16 heavy (non-hydrogen) atoms. The summed E-state index contributed by atoms with van der Waals surface area (Å²) < 4.78 is 0. The number of hydrogen-bond donors (Lipinski definition) is 2. The van der Waals surface area contributed by atoms with E-state index in [0.29, 0.717) is 19.4 Å². The molecular formula is C12H21N3O. The Morgan fingerprint density at radius 2 is 2.19 bits per heavy atom. The molecule has 1 saturated carbocycles. The lowest BCUT2D eigenvalue weighted by Crippen LogP contribution is -2.30. The second kappa shape index (κ2) is 6.49. The van der Waals surface area contributed by atoms with Crippen molar-refractivity contribution in [1.82, 2.24) is 10.6 Å². The molecule has 4 nitrogen and oxygen atoms in total. The minimum atomic E-state index is 0.111. The van der Waals surface area contributed by atoms with Gasteiger partial charge in [0.1, 0.15) is 0 Å². The Morgan fingerprint density at radius 1 is 1.44 bits per heavy atom. The maximum absolute atomic E-state index is 11.3. The van der Waals surface area contributed by atoms with Gasteiger partial charge in [-0.15, -0.1) is 0 Å². The third-order valence-corrected chi connectivity index (χ3v) is 3.01. The van der Waals surface area contributed by atoms with Crippen LogP contribution >= 0.6 is 0 Å². The van der Waals surface area contributed by atoms with Crippen molar-refractivity contribution in [3.8, 4) is 6.07 Å². The molecule has 0 aromatic carbocycles. The fraction of sp³-hybridized carbons (Fsp3) is 0.833. The van der Waals surface area contributed by atoms with Gasteiger partial charge in [-0.3, -0.25) is 4.79 Å². The van der Waals surface area contributed by atoms with E-state index in [9.17, 15) is 4.79 Å². The van der Waals surface area contributed by atoms with Crippen molar-refractivity contribution in [1.29, 1.82) is 5.26 Å². The summed E-state index contributed by atoms with van der Waals surface area (Å²) in [5, 5.41) is 14.7. The summed E-state index contributed by atoms with van der Waals surface area (Å²) >= 11 is 0. The predicted molar refractivity (Wildman–Crippen MR) is 62.7 cm³/mol. The summed E-state index contributed by atoms with van der Waals surface area (Å²) in [5.74, 6) is 0.111. The summed E-state index contributed by atoms with van der Waals surface area (Å²) in [7, 11) is 0. The van der Waals surface area contributed by atoms with E-state index in [2.05, 4.69) is 16.7 Å². The summed E-state index contributed by atoms with van der Waals surface area (Å²) in [6.07, 6.45) is 4.44. The van der Waals surface area contributed by atoms with Gasteiger partial charge in [-0.2, -0.15) is 5.26 Å². The predicted octanol–water partition coefficient (Wildman–Crippen LogP) is 1.19. The Hall–Kier alpha value is -1.08. The van der Waals surface area contributed by atoms with Crippen LogP contribution in [0.2, 0.25) is 0 Å². The van der Waals surface area contributed by atoms with Gasteiger partial charge in [-0.05, 0) is 24.7 Å². The first kappa shape index (κ1) is 13.0. The molecule has 0 aromatic rings. The number of nitrogens with zero attached hydrogens (tertiary/aromatic N) is 1. The van der Waals surface area contributed by atoms with E-state index < -0.39 is 0 Å². The van der Waals surface area contributed by atoms with Gasteiger partial charge in [0, 0.05) is 32.5 Å². The quantitative estimate of drug-likeness (QED) is 0.607. The van der Waals surface area contributed by atoms with Crippen LogP contribution in [0, 0.1) is 16.7 Å². The van der Waals surface area contributed by atoms with Crippen molar-refractivity contribution in [2.24, 2.45) is 5.41 Å². The zero-order chi connectivity index (χ0) is 11.9. The molecule has 0 spiro atoms. The van der Waals surface area contributed by atoms with Gasteiger partial charge in [0.15, 0.2) is 0 Å². The zero-order valence-electron chi connectivity index (χ0n) is 10.0. The first-order chi connectivity index (χ1) is 7.72. The van der Waals surface area contributed by atoms with Crippen molar-refractivity contribution >= 4 is 5.91 Å². The Balaban J connectivity index is 2.00. The molecule has 0 heterocycles. The van der Waals surface area contributed by atoms with Crippen molar-refractivity contribution < 1.29 is 4.79 Å². The fourth-order valence-corrected chi connectivity index (χ4v) is 1.67. The standard InChI is InChI=1S/C12H21N3O/c1-2-8-15-11(16)3-9-14-10-12(4-5-12)6-7-13/h14H,2-6,8-10H2,1H3,(H,15,16). The highest BCUT2D eigenvalue weighted by atomic mass is 16.1. The maximum Gasteiger partial charge on any atom is 0.221 e. The van der Waals surface area contributed by atoms with Crippen LogP contribution in [0.4, 0.5) is 0 Å². The average Bonchev–Trinajstić information content (AvgIpc) is 3.02. The largest absolute Gasteiger partial charge is 0.356 e. The maximum atomic E-state index is 11.3. The lowest BCUT2D eigenvalue weighted by Gasteiger charge is -2.11. The van der Waals surface area contributed by atoms with E-state index in [1.807, 2.05) is 6.92 Å². The minimum absolute atomic E-state index is 0.111. The Kier molecular flexibility index (Phi) is 5.27. The molecule has 90 valence electrons. The lowest BCUT2D eigenvalue weighted by atomic mass is 10.0. The lowest BCUT2D eigenvalue weighted by molar-refractivity contribution is -0.120. The van der Waals surface area contributed by atoms with Gasteiger partial charge in [0.05, 0.1) is 6.07 Å². The molecule has 0 bridgehead atoms. The first-order valence-corrected chi connectivity index (χ1v) is 6.07. The van der Waals surface area contributed by atoms with Crippen molar-refractivity contribution in [3.05, 3.63) is 0 Å². The molecule has 0 atom stereocenters. The number of nitriles is 1. The van der Waals surface area contributed by atoms with Crippen molar-refractivity contribution in [3.63, 3.8) is 0 Å². The number of hydrogen-bond acceptors (Lipinski definition) is 3. The number of rotatable bonds is 8. The number of carbonyl (C=O) groups excluding carboxylic acids is 1. The normalized spacial score (nSPS) is 16.5. The van der Waals surface area contributed by atoms with Gasteiger partial charge >= 0.3 is 0 Å². The fourth-order valence-electron chi connectivity index (χ4n) is 1.67. The minimum Gasteiger partial charge on any atom is -0.356 e. The molecular weight excluding hydrogens is 202 g/mol. The summed E-state index contributed by atoms with van der Waals surface area (Å²) in [4.78, 5) is 11.3. The van der Waals surface area contributed by atoms with Gasteiger partial charge in [0.25, 0.3) is 0 Å². The highest BCUT2D eigenvalue weighted by Crippen LogP contribution is 2.47. The topological polar surface area (TPSA) is 64.9 Å². The second-order valence-corrected chi connectivity index (χ2v) is 4.61. The van der Waals surface area contributed by atoms with Crippen LogP contribution < -0.4 is 10.6 Å². The van der Waals surface area contributed by atoms with E-state index in [0.717, 1.165) is 32.4 Å². The Morgan fingerprint density at radius 3 is 2.75 bits per heavy atom. The van der Waals surface area contributed by atoms with Gasteiger partial charge < -0.3 is 10.6 Å². The van der Waals surface area contributed by atoms with E-state index in [1.54, 1.807) is 0 Å². The van der Waals surface area contributed by atoms with E-state index in [-0.39, 0.29) is 11.3 Å². The van der Waals surface area contributed by atoms with Crippen LogP contribution in [-0.2, 0) is 4.79 Å². The molecule has 0 saturated heterocycles. The molecule has 1 aliphatic rings. The molecule has 4 heteroatoms. The molecule has 1 aliphatic carbocycles. The van der Waals surface area contributed by atoms with E-state index in [4.69, 9.17) is 5.26 Å². The van der Waals surface area contributed by atoms with Gasteiger partial charge in [0.2, 0.25) is 5.91 Å². The van der Waals surface area contributed by atoms with Gasteiger partial charge in [-0.25, -0.2) is 0 Å². The highest BCUT2D eigenvalue weighted by molar-refractivity contribution is 5.75. The van der Waals surface area contributed by atoms with E-state index >= 15 is 0 Å². The zero-order valence-corrected chi connectivity index (χ0v) is 10.0. The molecule has 1 rings (SSSR count). The van der Waals surface area contributed by atoms with Crippen LogP contribution in [0.5, 0.6) is 0 Å². The monoisotopic (exact) mass is 223 g/mol. The molecule has 2 N–H and O–H groups in total. The van der Waals surface area contributed by atoms with Gasteiger partial charge in [-0.1, -0.05) is 6.92 Å². The molecule has 0 aromatic heterocycles. The second-order valence-electron chi connectivity index (χ2n) is 4.61. The molecule has 0 unspecified atom stereocenters. The first-order valence-electron chi connectivity index (χ1n) is 6.07. The third kappa shape index (κ3) is 4.63. The molecule has 1 fully saturated rings. The summed E-state index contributed by atoms with van der Waals surface area (Å²) in [6, 6.07) is 2.23. The summed E-state index contributed by atoms with van der Waals surface area (Å²) in [6.45, 7) is 4.39. The smallest absolute Gasteiger partial charge is 0.221 e. The Labute approximate surface area is 97.4 Å². The molecule has 0 aliphatic heterocycles. The third-order valence-electron chi connectivity index (χ3n) is 3.01. The molecule has 0 radical (unpaired) electrons. The van der Waals surface area contributed by atoms with Crippen LogP contribution in [0.25, 0.3) is 0 Å². The average molecular weight is 223 g/mol. The highest BCUT2D eigenvalue weighted by Gasteiger charge is 2.41. The van der Waals surface area contributed by atoms with Crippen molar-refractivity contribution in [2.45, 2.75) is 39.0 Å². The Bertz CT molecular complexity index is 266. The number of carbonyl (C=O) groups is 1. The molecule has 1 amide bonds. The number of nitrogens with one attached hydrogen (secondary N) is 2. The summed E-state index contributed by atoms with van der Waals surface area (Å²) in [5.41, 5.74) is 0.231. The van der Waals surface area contributed by atoms with Crippen LogP contribution in [0.1, 0.15) is 39.0 Å². The van der Waals surface area contributed by atoms with Crippen molar-refractivity contribution in [2.75, 3.05) is 19.6 Å². The van der Waals surface area contributed by atoms with Crippen LogP contribution in [-0.4, -0.2) is 25.5 Å². The van der Waals surface area contributed by atoms with Crippen LogP contribution in [0.15, 0.2) is 0 Å².